The van der Waals surface area contributed by atoms with Crippen LogP contribution in [0.25, 0.3) is 95.1 Å². The van der Waals surface area contributed by atoms with E-state index in [0.717, 1.165) is 73.7 Å². The normalized spacial score (nSPS) is 12.6. The first-order valence-corrected chi connectivity index (χ1v) is 18.7. The van der Waals surface area contributed by atoms with E-state index in [1.54, 1.807) is 0 Å². The van der Waals surface area contributed by atoms with Gasteiger partial charge in [0.2, 0.25) is 0 Å². The van der Waals surface area contributed by atoms with Gasteiger partial charge in [0.15, 0.2) is 17.5 Å². The van der Waals surface area contributed by atoms with Gasteiger partial charge in [-0.2, -0.15) is 0 Å². The molecule has 0 saturated carbocycles. The smallest absolute Gasteiger partial charge is 0.164 e. The largest absolute Gasteiger partial charge is 0.456 e. The maximum atomic E-state index is 6.47. The van der Waals surface area contributed by atoms with Gasteiger partial charge in [-0.15, -0.1) is 0 Å². The summed E-state index contributed by atoms with van der Waals surface area (Å²) in [5.74, 6) is 1.90. The Labute approximate surface area is 319 Å². The monoisotopic (exact) mass is 705 g/mol. The third kappa shape index (κ3) is 6.34. The van der Waals surface area contributed by atoms with Gasteiger partial charge in [0.1, 0.15) is 11.2 Å². The topological polar surface area (TPSA) is 51.8 Å². The second kappa shape index (κ2) is 14.0. The van der Waals surface area contributed by atoms with Gasteiger partial charge in [0.25, 0.3) is 0 Å². The summed E-state index contributed by atoms with van der Waals surface area (Å²) >= 11 is 0. The Balaban J connectivity index is 1.05. The third-order valence-corrected chi connectivity index (χ3v) is 10.4. The van der Waals surface area contributed by atoms with Crippen LogP contribution in [0.3, 0.4) is 0 Å². The number of aromatic nitrogens is 3. The molecule has 7 aromatic carbocycles. The molecular formula is C51H35N3O. The van der Waals surface area contributed by atoms with E-state index in [-0.39, 0.29) is 0 Å². The van der Waals surface area contributed by atoms with Crippen LogP contribution < -0.4 is 0 Å². The Morgan fingerprint density at radius 1 is 0.400 bits per heavy atom. The van der Waals surface area contributed by atoms with Crippen LogP contribution in [0, 0.1) is 0 Å². The summed E-state index contributed by atoms with van der Waals surface area (Å²) in [7, 11) is 0. The van der Waals surface area contributed by atoms with Crippen molar-refractivity contribution in [3.05, 3.63) is 194 Å². The molecule has 55 heavy (non-hydrogen) atoms. The number of hydrogen-bond acceptors (Lipinski definition) is 4. The summed E-state index contributed by atoms with van der Waals surface area (Å²) in [6.07, 6.45) is 8.81. The van der Waals surface area contributed by atoms with Gasteiger partial charge in [-0.25, -0.2) is 15.0 Å². The summed E-state index contributed by atoms with van der Waals surface area (Å²) < 4.78 is 6.47. The fraction of sp³-hybridized carbons (Fsp3) is 0.0392. The van der Waals surface area contributed by atoms with E-state index in [1.807, 2.05) is 60.7 Å². The number of benzene rings is 7. The van der Waals surface area contributed by atoms with Gasteiger partial charge in [0, 0.05) is 27.5 Å². The molecule has 1 aliphatic carbocycles. The van der Waals surface area contributed by atoms with Crippen molar-refractivity contribution in [1.82, 2.24) is 15.0 Å². The third-order valence-electron chi connectivity index (χ3n) is 10.4. The Morgan fingerprint density at radius 3 is 1.58 bits per heavy atom. The van der Waals surface area contributed by atoms with E-state index in [4.69, 9.17) is 19.4 Å². The zero-order valence-corrected chi connectivity index (χ0v) is 30.1. The molecule has 10 rings (SSSR count). The van der Waals surface area contributed by atoms with Crippen molar-refractivity contribution in [2.24, 2.45) is 0 Å². The molecule has 0 amide bonds. The van der Waals surface area contributed by atoms with E-state index >= 15 is 0 Å². The lowest BCUT2D eigenvalue weighted by atomic mass is 9.93. The van der Waals surface area contributed by atoms with Crippen molar-refractivity contribution in [3.8, 4) is 67.5 Å². The molecule has 260 valence electrons. The summed E-state index contributed by atoms with van der Waals surface area (Å²) in [6.45, 7) is 0. The molecule has 0 atom stereocenters. The Hall–Kier alpha value is -7.17. The molecule has 0 fully saturated rings. The number of rotatable bonds is 7. The molecule has 0 radical (unpaired) electrons. The standard InChI is InChI=1S/C51H35N3O/c1-4-14-34(15-5-1)37-20-10-21-38(30-37)39-22-11-23-40(31-39)41-28-29-46-45(33-41)48-44(26-13-27-47(48)55-46)42-24-12-25-43(32-42)51-53-49(35-16-6-2-7-17-35)52-50(54-51)36-18-8-3-9-19-36/h1-4,6-14,16-33H,5,15H2. The second-order valence-electron chi connectivity index (χ2n) is 13.9. The zero-order chi connectivity index (χ0) is 36.6. The van der Waals surface area contributed by atoms with Gasteiger partial charge in [-0.05, 0) is 93.8 Å². The molecule has 4 heteroatoms. The lowest BCUT2D eigenvalue weighted by Gasteiger charge is -2.12. The second-order valence-corrected chi connectivity index (χ2v) is 13.9. The maximum Gasteiger partial charge on any atom is 0.164 e. The highest BCUT2D eigenvalue weighted by atomic mass is 16.3. The molecule has 0 N–H and O–H groups in total. The van der Waals surface area contributed by atoms with Crippen molar-refractivity contribution < 1.29 is 4.42 Å². The molecular weight excluding hydrogens is 671 g/mol. The fourth-order valence-electron chi connectivity index (χ4n) is 7.63. The Kier molecular flexibility index (Phi) is 8.27. The van der Waals surface area contributed by atoms with Crippen molar-refractivity contribution in [2.75, 3.05) is 0 Å². The van der Waals surface area contributed by atoms with Gasteiger partial charge < -0.3 is 4.42 Å². The fourth-order valence-corrected chi connectivity index (χ4v) is 7.63. The lowest BCUT2D eigenvalue weighted by molar-refractivity contribution is 0.669. The molecule has 1 aliphatic rings. The van der Waals surface area contributed by atoms with Crippen molar-refractivity contribution in [2.45, 2.75) is 12.8 Å². The van der Waals surface area contributed by atoms with Crippen LogP contribution in [-0.4, -0.2) is 15.0 Å². The van der Waals surface area contributed by atoms with Crippen LogP contribution in [0.5, 0.6) is 0 Å². The highest BCUT2D eigenvalue weighted by Crippen LogP contribution is 2.40. The molecule has 0 saturated heterocycles. The number of allylic oxidation sites excluding steroid dienone is 4. The van der Waals surface area contributed by atoms with Crippen LogP contribution in [0.2, 0.25) is 0 Å². The lowest BCUT2D eigenvalue weighted by Crippen LogP contribution is -2.00. The number of furan rings is 1. The quantitative estimate of drug-likeness (QED) is 0.166. The van der Waals surface area contributed by atoms with E-state index in [9.17, 15) is 0 Å². The minimum absolute atomic E-state index is 0.624. The van der Waals surface area contributed by atoms with Crippen LogP contribution in [0.4, 0.5) is 0 Å². The van der Waals surface area contributed by atoms with Gasteiger partial charge in [-0.3, -0.25) is 0 Å². The molecule has 2 aromatic heterocycles. The van der Waals surface area contributed by atoms with Crippen LogP contribution in [-0.2, 0) is 0 Å². The molecule has 4 nitrogen and oxygen atoms in total. The van der Waals surface area contributed by atoms with Gasteiger partial charge in [0.05, 0.1) is 0 Å². The average Bonchev–Trinajstić information content (AvgIpc) is 3.66. The van der Waals surface area contributed by atoms with Crippen LogP contribution in [0.15, 0.2) is 193 Å². The van der Waals surface area contributed by atoms with Crippen molar-refractivity contribution in [1.29, 1.82) is 0 Å². The number of hydrogen-bond donors (Lipinski definition) is 0. The molecule has 0 spiro atoms. The van der Waals surface area contributed by atoms with Crippen LogP contribution in [0.1, 0.15) is 18.4 Å². The maximum absolute atomic E-state index is 6.47. The number of fused-ring (bicyclic) bond motifs is 3. The average molecular weight is 706 g/mol. The highest BCUT2D eigenvalue weighted by molar-refractivity contribution is 6.13. The van der Waals surface area contributed by atoms with Gasteiger partial charge in [-0.1, -0.05) is 152 Å². The number of nitrogens with zero attached hydrogens (tertiary/aromatic N) is 3. The van der Waals surface area contributed by atoms with E-state index in [0.29, 0.717) is 17.5 Å². The summed E-state index contributed by atoms with van der Waals surface area (Å²) in [5, 5.41) is 2.16. The summed E-state index contributed by atoms with van der Waals surface area (Å²) in [4.78, 5) is 14.9. The SMILES string of the molecule is C1=CCCC(c2cccc(-c3cccc(-c4ccc5oc6cccc(-c7cccc(-c8nc(-c9ccccc9)nc(-c9ccccc9)n8)c7)c6c5c4)c3)c2)=C1. The van der Waals surface area contributed by atoms with Crippen molar-refractivity contribution in [3.63, 3.8) is 0 Å². The first-order chi connectivity index (χ1) is 27.2. The van der Waals surface area contributed by atoms with Crippen LogP contribution >= 0.6 is 0 Å². The molecule has 0 bridgehead atoms. The predicted octanol–water partition coefficient (Wildman–Crippen LogP) is 13.5. The summed E-state index contributed by atoms with van der Waals surface area (Å²) in [6, 6.07) is 59.2. The predicted molar refractivity (Wildman–Crippen MR) is 226 cm³/mol. The molecule has 0 aliphatic heterocycles. The van der Waals surface area contributed by atoms with E-state index in [1.165, 1.54) is 22.3 Å². The van der Waals surface area contributed by atoms with Gasteiger partial charge >= 0.3 is 0 Å². The molecule has 0 unspecified atom stereocenters. The first kappa shape index (κ1) is 32.5. The van der Waals surface area contributed by atoms with Crippen molar-refractivity contribution >= 4 is 27.5 Å². The molecule has 9 aromatic rings. The zero-order valence-electron chi connectivity index (χ0n) is 30.1. The van der Waals surface area contributed by atoms with E-state index < -0.39 is 0 Å². The minimum Gasteiger partial charge on any atom is -0.456 e. The molecule has 2 heterocycles. The highest BCUT2D eigenvalue weighted by Gasteiger charge is 2.17. The Bertz CT molecular complexity index is 2860. The first-order valence-electron chi connectivity index (χ1n) is 18.7. The Morgan fingerprint density at radius 2 is 0.927 bits per heavy atom. The minimum atomic E-state index is 0.624. The summed E-state index contributed by atoms with van der Waals surface area (Å²) in [5.41, 5.74) is 14.1. The van der Waals surface area contributed by atoms with E-state index in [2.05, 4.69) is 127 Å².